The average Bonchev–Trinajstić information content (AvgIpc) is 3.01. The molecule has 1 saturated carbocycles. The second-order valence-electron chi connectivity index (χ2n) is 5.56. The molecule has 1 aromatic carbocycles. The predicted molar refractivity (Wildman–Crippen MR) is 77.4 cm³/mol. The molecule has 116 valence electrons. The van der Waals surface area contributed by atoms with Crippen LogP contribution in [0.3, 0.4) is 0 Å². The molecule has 1 amide bonds. The summed E-state index contributed by atoms with van der Waals surface area (Å²) >= 11 is 0. The van der Waals surface area contributed by atoms with E-state index in [-0.39, 0.29) is 37.5 Å². The quantitative estimate of drug-likeness (QED) is 0.914. The van der Waals surface area contributed by atoms with Gasteiger partial charge in [0.25, 0.3) is 0 Å². The number of hydrogen-bond acceptors (Lipinski definition) is 3. The maximum atomic E-state index is 13.1. The van der Waals surface area contributed by atoms with E-state index >= 15 is 0 Å². The third-order valence-electron chi connectivity index (χ3n) is 3.93. The summed E-state index contributed by atoms with van der Waals surface area (Å²) in [7, 11) is 0. The van der Waals surface area contributed by atoms with Crippen molar-refractivity contribution in [2.75, 3.05) is 5.32 Å². The molecular formula is C15H16F2N4O. The largest absolute Gasteiger partial charge is 0.326 e. The number of H-pyrrole nitrogens is 1. The maximum Gasteiger partial charge on any atom is 0.248 e. The first-order valence-electron chi connectivity index (χ1n) is 7.18. The van der Waals surface area contributed by atoms with Gasteiger partial charge in [0.15, 0.2) is 0 Å². The fourth-order valence-corrected chi connectivity index (χ4v) is 2.64. The summed E-state index contributed by atoms with van der Waals surface area (Å²) in [5.41, 5.74) is 2.12. The van der Waals surface area contributed by atoms with E-state index in [2.05, 4.69) is 20.7 Å². The van der Waals surface area contributed by atoms with Crippen molar-refractivity contribution in [3.05, 3.63) is 30.5 Å². The molecule has 1 aromatic heterocycles. The highest BCUT2D eigenvalue weighted by molar-refractivity contribution is 5.93. The lowest BCUT2D eigenvalue weighted by Gasteiger charge is -2.27. The summed E-state index contributed by atoms with van der Waals surface area (Å²) < 4.78 is 26.3. The summed E-state index contributed by atoms with van der Waals surface area (Å²) in [4.78, 5) is 12.2. The Morgan fingerprint density at radius 2 is 2.09 bits per heavy atom. The lowest BCUT2D eigenvalue weighted by atomic mass is 9.86. The van der Waals surface area contributed by atoms with Crippen LogP contribution >= 0.6 is 0 Å². The number of halogens is 2. The van der Waals surface area contributed by atoms with Crippen molar-refractivity contribution in [3.8, 4) is 11.3 Å². The van der Waals surface area contributed by atoms with E-state index in [9.17, 15) is 13.6 Å². The number of carbonyl (C=O) groups is 1. The van der Waals surface area contributed by atoms with Crippen molar-refractivity contribution < 1.29 is 13.6 Å². The molecule has 1 heterocycles. The third-order valence-corrected chi connectivity index (χ3v) is 3.93. The van der Waals surface area contributed by atoms with Crippen LogP contribution in [0.15, 0.2) is 30.5 Å². The zero-order chi connectivity index (χ0) is 15.6. The SMILES string of the molecule is O=C(Nc1cccc(-c2cn[nH]n2)c1)C1CCC(F)(F)CC1. The Labute approximate surface area is 126 Å². The predicted octanol–water partition coefficient (Wildman–Crippen LogP) is 3.24. The first-order chi connectivity index (χ1) is 10.5. The van der Waals surface area contributed by atoms with E-state index < -0.39 is 5.92 Å². The number of benzene rings is 1. The lowest BCUT2D eigenvalue weighted by molar-refractivity contribution is -0.124. The van der Waals surface area contributed by atoms with Crippen LogP contribution in [0.1, 0.15) is 25.7 Å². The molecule has 2 aromatic rings. The number of carbonyl (C=O) groups excluding carboxylic acids is 1. The van der Waals surface area contributed by atoms with Crippen molar-refractivity contribution in [1.29, 1.82) is 0 Å². The van der Waals surface area contributed by atoms with Crippen molar-refractivity contribution in [1.82, 2.24) is 15.4 Å². The Balaban J connectivity index is 1.66. The molecule has 5 nitrogen and oxygen atoms in total. The summed E-state index contributed by atoms with van der Waals surface area (Å²) in [6, 6.07) is 7.20. The Morgan fingerprint density at radius 1 is 1.32 bits per heavy atom. The Morgan fingerprint density at radius 3 is 2.77 bits per heavy atom. The van der Waals surface area contributed by atoms with Gasteiger partial charge in [-0.2, -0.15) is 15.4 Å². The van der Waals surface area contributed by atoms with Gasteiger partial charge in [-0.15, -0.1) is 0 Å². The zero-order valence-corrected chi connectivity index (χ0v) is 11.9. The molecule has 0 aliphatic heterocycles. The van der Waals surface area contributed by atoms with Crippen LogP contribution < -0.4 is 5.32 Å². The van der Waals surface area contributed by atoms with Crippen LogP contribution in [-0.4, -0.2) is 27.2 Å². The summed E-state index contributed by atoms with van der Waals surface area (Å²) in [6.07, 6.45) is 1.60. The minimum atomic E-state index is -2.62. The summed E-state index contributed by atoms with van der Waals surface area (Å²) in [5, 5.41) is 13.1. The molecule has 1 aliphatic carbocycles. The number of rotatable bonds is 3. The van der Waals surface area contributed by atoms with Gasteiger partial charge in [-0.25, -0.2) is 8.78 Å². The van der Waals surface area contributed by atoms with Crippen molar-refractivity contribution in [2.24, 2.45) is 5.92 Å². The number of aromatic nitrogens is 3. The molecule has 3 rings (SSSR count). The number of nitrogens with one attached hydrogen (secondary N) is 2. The number of amides is 1. The summed E-state index contributed by atoms with van der Waals surface area (Å²) in [5.74, 6) is -3.17. The van der Waals surface area contributed by atoms with Crippen LogP contribution in [0.4, 0.5) is 14.5 Å². The van der Waals surface area contributed by atoms with E-state index in [0.29, 0.717) is 11.4 Å². The topological polar surface area (TPSA) is 70.7 Å². The fraction of sp³-hybridized carbons (Fsp3) is 0.400. The van der Waals surface area contributed by atoms with Gasteiger partial charge in [0.2, 0.25) is 11.8 Å². The first-order valence-corrected chi connectivity index (χ1v) is 7.18. The molecule has 0 radical (unpaired) electrons. The molecule has 2 N–H and O–H groups in total. The van der Waals surface area contributed by atoms with Gasteiger partial charge >= 0.3 is 0 Å². The monoisotopic (exact) mass is 306 g/mol. The Kier molecular flexibility index (Phi) is 3.87. The van der Waals surface area contributed by atoms with Gasteiger partial charge in [0, 0.05) is 30.0 Å². The summed E-state index contributed by atoms with van der Waals surface area (Å²) in [6.45, 7) is 0. The van der Waals surface area contributed by atoms with Gasteiger partial charge < -0.3 is 5.32 Å². The second kappa shape index (κ2) is 5.82. The van der Waals surface area contributed by atoms with Crippen LogP contribution in [0.25, 0.3) is 11.3 Å². The normalized spacial score (nSPS) is 18.1. The van der Waals surface area contributed by atoms with E-state index in [4.69, 9.17) is 0 Å². The lowest BCUT2D eigenvalue weighted by Crippen LogP contribution is -2.31. The Hall–Kier alpha value is -2.31. The zero-order valence-electron chi connectivity index (χ0n) is 11.9. The molecule has 22 heavy (non-hydrogen) atoms. The van der Waals surface area contributed by atoms with Crippen LogP contribution in [0.5, 0.6) is 0 Å². The number of aromatic amines is 1. The van der Waals surface area contributed by atoms with Crippen molar-refractivity contribution >= 4 is 11.6 Å². The fourth-order valence-electron chi connectivity index (χ4n) is 2.64. The van der Waals surface area contributed by atoms with Crippen LogP contribution in [-0.2, 0) is 4.79 Å². The minimum absolute atomic E-state index is 0.201. The molecule has 0 unspecified atom stereocenters. The first kappa shape index (κ1) is 14.6. The highest BCUT2D eigenvalue weighted by atomic mass is 19.3. The smallest absolute Gasteiger partial charge is 0.248 e. The van der Waals surface area contributed by atoms with E-state index in [1.165, 1.54) is 0 Å². The van der Waals surface area contributed by atoms with Crippen molar-refractivity contribution in [3.63, 3.8) is 0 Å². The molecule has 0 atom stereocenters. The number of alkyl halides is 2. The maximum absolute atomic E-state index is 13.1. The molecule has 1 fully saturated rings. The van der Waals surface area contributed by atoms with E-state index in [0.717, 1.165) is 5.56 Å². The molecule has 1 aliphatic rings. The average molecular weight is 306 g/mol. The number of nitrogens with zero attached hydrogens (tertiary/aromatic N) is 2. The van der Waals surface area contributed by atoms with Crippen LogP contribution in [0, 0.1) is 5.92 Å². The molecule has 0 spiro atoms. The highest BCUT2D eigenvalue weighted by Crippen LogP contribution is 2.36. The third kappa shape index (κ3) is 3.29. The van der Waals surface area contributed by atoms with E-state index in [1.54, 1.807) is 24.4 Å². The number of anilines is 1. The van der Waals surface area contributed by atoms with Crippen LogP contribution in [0.2, 0.25) is 0 Å². The molecular weight excluding hydrogens is 290 g/mol. The van der Waals surface area contributed by atoms with Gasteiger partial charge in [0.1, 0.15) is 5.69 Å². The number of hydrogen-bond donors (Lipinski definition) is 2. The van der Waals surface area contributed by atoms with Gasteiger partial charge in [0.05, 0.1) is 6.20 Å². The molecule has 0 bridgehead atoms. The van der Waals surface area contributed by atoms with Crippen molar-refractivity contribution in [2.45, 2.75) is 31.6 Å². The van der Waals surface area contributed by atoms with Gasteiger partial charge in [-0.05, 0) is 25.0 Å². The second-order valence-corrected chi connectivity index (χ2v) is 5.56. The Bertz CT molecular complexity index is 647. The van der Waals surface area contributed by atoms with E-state index in [1.807, 2.05) is 6.07 Å². The minimum Gasteiger partial charge on any atom is -0.326 e. The van der Waals surface area contributed by atoms with Gasteiger partial charge in [-0.3, -0.25) is 4.79 Å². The molecule has 7 heteroatoms. The molecule has 0 saturated heterocycles. The highest BCUT2D eigenvalue weighted by Gasteiger charge is 2.37. The van der Waals surface area contributed by atoms with Gasteiger partial charge in [-0.1, -0.05) is 12.1 Å². The standard InChI is InChI=1S/C15H16F2N4O/c16-15(17)6-4-10(5-7-15)14(22)19-12-3-1-2-11(8-12)13-9-18-21-20-13/h1-3,8-10H,4-7H2,(H,19,22)(H,18,20,21).